The number of aliphatic imine (C=N–C) groups is 1. The number of nitrogens with zero attached hydrogens (tertiary/aromatic N) is 3. The Kier molecular flexibility index (Phi) is 5.11. The van der Waals surface area contributed by atoms with Crippen molar-refractivity contribution in [3.63, 3.8) is 0 Å². The van der Waals surface area contributed by atoms with Crippen LogP contribution in [-0.4, -0.2) is 22.6 Å². The average molecular weight is 326 g/mol. The number of aliphatic hydroxyl groups is 1. The van der Waals surface area contributed by atoms with Crippen molar-refractivity contribution < 1.29 is 9.84 Å². The zero-order valence-electron chi connectivity index (χ0n) is 14.4. The molecule has 0 saturated carbocycles. The van der Waals surface area contributed by atoms with E-state index in [4.69, 9.17) is 15.3 Å². The van der Waals surface area contributed by atoms with Crippen LogP contribution in [0.5, 0.6) is 5.75 Å². The van der Waals surface area contributed by atoms with Crippen molar-refractivity contribution in [1.82, 2.24) is 5.32 Å². The first-order chi connectivity index (χ1) is 11.3. The molecule has 6 heteroatoms. The molecule has 1 aliphatic heterocycles. The van der Waals surface area contributed by atoms with Crippen molar-refractivity contribution in [3.8, 4) is 18.0 Å². The minimum atomic E-state index is -0.904. The Morgan fingerprint density at radius 3 is 2.75 bits per heavy atom. The highest BCUT2D eigenvalue weighted by Gasteiger charge is 2.43. The van der Waals surface area contributed by atoms with Gasteiger partial charge in [0.25, 0.3) is 0 Å². The predicted octanol–water partition coefficient (Wildman–Crippen LogP) is 2.65. The van der Waals surface area contributed by atoms with E-state index in [-0.39, 0.29) is 5.92 Å². The van der Waals surface area contributed by atoms with E-state index in [1.54, 1.807) is 32.0 Å². The lowest BCUT2D eigenvalue weighted by atomic mass is 9.86. The molecular weight excluding hydrogens is 304 g/mol. The van der Waals surface area contributed by atoms with Crippen LogP contribution in [0.15, 0.2) is 23.2 Å². The lowest BCUT2D eigenvalue weighted by molar-refractivity contribution is -0.0567. The summed E-state index contributed by atoms with van der Waals surface area (Å²) in [6.45, 7) is 7.56. The van der Waals surface area contributed by atoms with Crippen LogP contribution in [0, 0.1) is 28.7 Å². The second-order valence-electron chi connectivity index (χ2n) is 6.52. The number of fused-ring (bicyclic) bond motifs is 1. The van der Waals surface area contributed by atoms with Crippen molar-refractivity contribution in [2.24, 2.45) is 10.9 Å². The van der Waals surface area contributed by atoms with Crippen molar-refractivity contribution in [2.75, 3.05) is 0 Å². The molecule has 0 aliphatic carbocycles. The summed E-state index contributed by atoms with van der Waals surface area (Å²) in [6.07, 6.45) is 1.81. The molecule has 0 spiro atoms. The third-order valence-electron chi connectivity index (χ3n) is 4.38. The number of hydrogen-bond acceptors (Lipinski definition) is 5. The van der Waals surface area contributed by atoms with Crippen LogP contribution >= 0.6 is 0 Å². The maximum atomic E-state index is 10.8. The number of nitrogens with one attached hydrogen (secondary N) is 1. The van der Waals surface area contributed by atoms with Crippen LogP contribution < -0.4 is 10.1 Å². The van der Waals surface area contributed by atoms with Crippen molar-refractivity contribution in [2.45, 2.75) is 51.9 Å². The number of aliphatic hydroxyl groups excluding tert-OH is 1. The molecule has 0 bridgehead atoms. The van der Waals surface area contributed by atoms with Gasteiger partial charge in [0.2, 0.25) is 0 Å². The Morgan fingerprint density at radius 1 is 1.46 bits per heavy atom. The Hall–Kier alpha value is -2.57. The summed E-state index contributed by atoms with van der Waals surface area (Å²) in [4.78, 5) is 4.63. The molecule has 24 heavy (non-hydrogen) atoms. The molecule has 3 atom stereocenters. The molecule has 0 fully saturated rings. The fraction of sp³-hybridized carbons (Fsp3) is 0.500. The molecule has 1 aromatic rings. The van der Waals surface area contributed by atoms with Crippen molar-refractivity contribution in [3.05, 3.63) is 29.3 Å². The Labute approximate surface area is 142 Å². The Morgan fingerprint density at radius 2 is 2.17 bits per heavy atom. The zero-order chi connectivity index (χ0) is 17.9. The molecule has 1 aromatic carbocycles. The second-order valence-corrected chi connectivity index (χ2v) is 6.52. The molecule has 0 amide bonds. The monoisotopic (exact) mass is 326 g/mol. The molecule has 0 saturated heterocycles. The number of ether oxygens (including phenoxy) is 1. The lowest BCUT2D eigenvalue weighted by Crippen LogP contribution is -2.48. The van der Waals surface area contributed by atoms with Gasteiger partial charge in [-0.2, -0.15) is 10.5 Å². The summed E-state index contributed by atoms with van der Waals surface area (Å²) in [5, 5.41) is 31.5. The standard InChI is InChI=1S/C18H22N4O2/c1-5-11(2)17(21-10-20)22-15-13-8-12(9-19)6-7-14(13)24-18(3,4)16(15)23/h6-8,11,15-16,23H,5H2,1-4H3,(H,21,22)/t11?,15-,16+/m1/s1. The number of benzene rings is 1. The fourth-order valence-electron chi connectivity index (χ4n) is 2.66. The van der Waals surface area contributed by atoms with Crippen LogP contribution in [0.1, 0.15) is 51.3 Å². The molecule has 1 heterocycles. The normalized spacial score (nSPS) is 23.2. The molecule has 0 radical (unpaired) electrons. The topological polar surface area (TPSA) is 101 Å². The summed E-state index contributed by atoms with van der Waals surface area (Å²) in [5.74, 6) is 1.17. The highest BCUT2D eigenvalue weighted by Crippen LogP contribution is 2.42. The quantitative estimate of drug-likeness (QED) is 0.385. The Balaban J connectivity index is 2.58. The van der Waals surface area contributed by atoms with E-state index in [2.05, 4.69) is 16.4 Å². The minimum absolute atomic E-state index is 0.0467. The first-order valence-corrected chi connectivity index (χ1v) is 7.98. The highest BCUT2D eigenvalue weighted by atomic mass is 16.5. The smallest absolute Gasteiger partial charge is 0.182 e. The van der Waals surface area contributed by atoms with Gasteiger partial charge in [0.05, 0.1) is 11.6 Å². The number of hydrogen-bond donors (Lipinski definition) is 2. The summed E-state index contributed by atoms with van der Waals surface area (Å²) in [5.41, 5.74) is 0.298. The van der Waals surface area contributed by atoms with Crippen LogP contribution in [0.2, 0.25) is 0 Å². The van der Waals surface area contributed by atoms with Gasteiger partial charge in [-0.15, -0.1) is 0 Å². The number of rotatable bonds is 3. The maximum absolute atomic E-state index is 10.8. The molecule has 6 nitrogen and oxygen atoms in total. The van der Waals surface area contributed by atoms with E-state index < -0.39 is 17.7 Å². The van der Waals surface area contributed by atoms with Crippen LogP contribution in [0.3, 0.4) is 0 Å². The lowest BCUT2D eigenvalue weighted by Gasteiger charge is -2.41. The zero-order valence-corrected chi connectivity index (χ0v) is 14.4. The summed E-state index contributed by atoms with van der Waals surface area (Å²) in [6, 6.07) is 6.57. The summed E-state index contributed by atoms with van der Waals surface area (Å²) >= 11 is 0. The van der Waals surface area contributed by atoms with E-state index >= 15 is 0 Å². The van der Waals surface area contributed by atoms with Gasteiger partial charge in [-0.25, -0.2) is 0 Å². The van der Waals surface area contributed by atoms with Gasteiger partial charge in [-0.3, -0.25) is 10.3 Å². The first kappa shape index (κ1) is 17.8. The van der Waals surface area contributed by atoms with Crippen LogP contribution in [0.4, 0.5) is 0 Å². The van der Waals surface area contributed by atoms with E-state index in [0.29, 0.717) is 22.7 Å². The summed E-state index contributed by atoms with van der Waals surface area (Å²) in [7, 11) is 0. The largest absolute Gasteiger partial charge is 0.485 e. The van der Waals surface area contributed by atoms with E-state index in [1.165, 1.54) is 0 Å². The molecule has 1 aliphatic rings. The highest BCUT2D eigenvalue weighted by molar-refractivity contribution is 5.85. The van der Waals surface area contributed by atoms with Gasteiger partial charge in [-0.1, -0.05) is 13.8 Å². The van der Waals surface area contributed by atoms with Gasteiger partial charge in [-0.05, 0) is 38.5 Å². The molecule has 2 N–H and O–H groups in total. The van der Waals surface area contributed by atoms with Gasteiger partial charge < -0.3 is 9.84 Å². The first-order valence-electron chi connectivity index (χ1n) is 7.98. The van der Waals surface area contributed by atoms with Gasteiger partial charge >= 0.3 is 0 Å². The predicted molar refractivity (Wildman–Crippen MR) is 90.3 cm³/mol. The van der Waals surface area contributed by atoms with Crippen LogP contribution in [0.25, 0.3) is 0 Å². The van der Waals surface area contributed by atoms with Crippen molar-refractivity contribution in [1.29, 1.82) is 10.5 Å². The number of nitriles is 2. The Bertz CT molecular complexity index is 728. The van der Waals surface area contributed by atoms with E-state index in [0.717, 1.165) is 6.42 Å². The van der Waals surface area contributed by atoms with Gasteiger partial charge in [0.15, 0.2) is 6.19 Å². The second kappa shape index (κ2) is 6.90. The maximum Gasteiger partial charge on any atom is 0.182 e. The molecule has 0 aromatic heterocycles. The van der Waals surface area contributed by atoms with Gasteiger partial charge in [0, 0.05) is 11.5 Å². The molecule has 126 valence electrons. The minimum Gasteiger partial charge on any atom is -0.485 e. The molecule has 2 rings (SSSR count). The van der Waals surface area contributed by atoms with Crippen LogP contribution in [-0.2, 0) is 0 Å². The van der Waals surface area contributed by atoms with Gasteiger partial charge in [0.1, 0.15) is 29.3 Å². The number of amidine groups is 1. The summed E-state index contributed by atoms with van der Waals surface area (Å²) < 4.78 is 5.88. The SMILES string of the molecule is CCC(C)C(=N[C@@H]1c2cc(C#N)ccc2OC(C)(C)[C@H]1O)NC#N. The third-order valence-corrected chi connectivity index (χ3v) is 4.38. The molecule has 1 unspecified atom stereocenters. The third kappa shape index (κ3) is 3.34. The molecular formula is C18H22N4O2. The van der Waals surface area contributed by atoms with Crippen molar-refractivity contribution >= 4 is 5.84 Å². The average Bonchev–Trinajstić information content (AvgIpc) is 2.56. The van der Waals surface area contributed by atoms with E-state index in [9.17, 15) is 5.11 Å². The fourth-order valence-corrected chi connectivity index (χ4v) is 2.66. The van der Waals surface area contributed by atoms with E-state index in [1.807, 2.05) is 20.0 Å².